The molecule has 0 bridgehead atoms. The third kappa shape index (κ3) is 74.1. The molecule has 588 valence electrons. The van der Waals surface area contributed by atoms with Gasteiger partial charge in [-0.2, -0.15) is 0 Å². The van der Waals surface area contributed by atoms with Crippen molar-refractivity contribution in [2.24, 2.45) is 23.7 Å². The molecule has 0 saturated heterocycles. The predicted molar refractivity (Wildman–Crippen MR) is 404 cm³/mol. The molecule has 0 spiro atoms. The molecule has 0 aliphatic rings. The maximum atomic E-state index is 13.1. The Balaban J connectivity index is 5.18. The van der Waals surface area contributed by atoms with Gasteiger partial charge in [-0.15, -0.1) is 0 Å². The lowest BCUT2D eigenvalue weighted by atomic mass is 10.0. The van der Waals surface area contributed by atoms with Crippen molar-refractivity contribution in [1.29, 1.82) is 0 Å². The second-order valence-corrected chi connectivity index (χ2v) is 33.6. The van der Waals surface area contributed by atoms with E-state index in [1.54, 1.807) is 0 Å². The number of rotatable bonds is 77. The summed E-state index contributed by atoms with van der Waals surface area (Å²) in [5.41, 5.74) is 0. The van der Waals surface area contributed by atoms with Gasteiger partial charge in [0.05, 0.1) is 26.4 Å². The van der Waals surface area contributed by atoms with E-state index in [-0.39, 0.29) is 25.7 Å². The lowest BCUT2D eigenvalue weighted by molar-refractivity contribution is -0.161. The lowest BCUT2D eigenvalue weighted by Gasteiger charge is -2.21. The first-order valence-corrected chi connectivity index (χ1v) is 44.2. The van der Waals surface area contributed by atoms with Crippen LogP contribution in [0.4, 0.5) is 0 Å². The van der Waals surface area contributed by atoms with Crippen LogP contribution in [0.3, 0.4) is 0 Å². The number of carbonyl (C=O) groups is 4. The van der Waals surface area contributed by atoms with Gasteiger partial charge in [-0.3, -0.25) is 37.3 Å². The zero-order valence-corrected chi connectivity index (χ0v) is 66.9. The van der Waals surface area contributed by atoms with E-state index >= 15 is 0 Å². The fourth-order valence-electron chi connectivity index (χ4n) is 12.3. The van der Waals surface area contributed by atoms with E-state index in [9.17, 15) is 43.2 Å². The van der Waals surface area contributed by atoms with Gasteiger partial charge in [-0.1, -0.05) is 357 Å². The minimum Gasteiger partial charge on any atom is -0.462 e. The Morgan fingerprint density at radius 1 is 0.253 bits per heavy atom. The van der Waals surface area contributed by atoms with E-state index in [1.807, 2.05) is 0 Å². The van der Waals surface area contributed by atoms with Crippen molar-refractivity contribution in [2.75, 3.05) is 39.6 Å². The molecule has 19 heteroatoms. The van der Waals surface area contributed by atoms with E-state index in [4.69, 9.17) is 37.0 Å². The van der Waals surface area contributed by atoms with Crippen LogP contribution in [0.1, 0.15) is 409 Å². The van der Waals surface area contributed by atoms with Crippen LogP contribution in [0.2, 0.25) is 0 Å². The highest BCUT2D eigenvalue weighted by Crippen LogP contribution is 2.45. The lowest BCUT2D eigenvalue weighted by Crippen LogP contribution is -2.30. The van der Waals surface area contributed by atoms with Crippen LogP contribution in [-0.2, 0) is 65.4 Å². The third-order valence-corrected chi connectivity index (χ3v) is 20.5. The van der Waals surface area contributed by atoms with Crippen LogP contribution in [0.15, 0.2) is 0 Å². The summed E-state index contributed by atoms with van der Waals surface area (Å²) in [5.74, 6) is 0.885. The number of esters is 4. The van der Waals surface area contributed by atoms with Gasteiger partial charge in [0.2, 0.25) is 0 Å². The largest absolute Gasteiger partial charge is 0.472 e. The Labute approximate surface area is 607 Å². The molecule has 99 heavy (non-hydrogen) atoms. The number of aliphatic hydroxyl groups excluding tert-OH is 1. The maximum absolute atomic E-state index is 13.1. The molecule has 0 aliphatic carbocycles. The van der Waals surface area contributed by atoms with Gasteiger partial charge < -0.3 is 33.8 Å². The summed E-state index contributed by atoms with van der Waals surface area (Å²) in [7, 11) is -9.92. The van der Waals surface area contributed by atoms with Crippen molar-refractivity contribution in [3.05, 3.63) is 0 Å². The molecule has 0 aliphatic heterocycles. The first-order chi connectivity index (χ1) is 47.6. The quantitative estimate of drug-likeness (QED) is 0.0222. The van der Waals surface area contributed by atoms with Crippen LogP contribution < -0.4 is 0 Å². The molecule has 0 rings (SSSR count). The number of aliphatic hydroxyl groups is 1. The number of ether oxygens (including phenoxy) is 4. The van der Waals surface area contributed by atoms with Crippen molar-refractivity contribution in [3.63, 3.8) is 0 Å². The number of unbranched alkanes of at least 4 members (excludes halogenated alkanes) is 43. The Morgan fingerprint density at radius 2 is 0.424 bits per heavy atom. The highest BCUT2D eigenvalue weighted by molar-refractivity contribution is 7.47. The van der Waals surface area contributed by atoms with Crippen molar-refractivity contribution >= 4 is 39.5 Å². The van der Waals surface area contributed by atoms with E-state index in [0.29, 0.717) is 37.5 Å². The smallest absolute Gasteiger partial charge is 0.462 e. The highest BCUT2D eigenvalue weighted by atomic mass is 31.2. The monoisotopic (exact) mass is 1450 g/mol. The average Bonchev–Trinajstić information content (AvgIpc) is 1.77. The molecule has 0 aromatic carbocycles. The van der Waals surface area contributed by atoms with Gasteiger partial charge in [0, 0.05) is 25.7 Å². The zero-order valence-electron chi connectivity index (χ0n) is 65.1. The Kier molecular flexibility index (Phi) is 67.8. The second-order valence-electron chi connectivity index (χ2n) is 30.7. The molecule has 0 heterocycles. The highest BCUT2D eigenvalue weighted by Gasteiger charge is 2.30. The van der Waals surface area contributed by atoms with Crippen molar-refractivity contribution in [3.8, 4) is 0 Å². The van der Waals surface area contributed by atoms with Gasteiger partial charge in [0.25, 0.3) is 0 Å². The first kappa shape index (κ1) is 97.1. The maximum Gasteiger partial charge on any atom is 0.472 e. The molecule has 5 atom stereocenters. The molecule has 17 nitrogen and oxygen atoms in total. The molecule has 0 aromatic heterocycles. The van der Waals surface area contributed by atoms with Crippen LogP contribution in [-0.4, -0.2) is 96.7 Å². The van der Waals surface area contributed by atoms with Crippen molar-refractivity contribution in [1.82, 2.24) is 0 Å². The molecule has 3 unspecified atom stereocenters. The van der Waals surface area contributed by atoms with E-state index in [0.717, 1.165) is 108 Å². The fraction of sp³-hybridized carbons (Fsp3) is 0.950. The Morgan fingerprint density at radius 3 is 0.626 bits per heavy atom. The molecule has 0 amide bonds. The predicted octanol–water partition coefficient (Wildman–Crippen LogP) is 23.6. The Bertz CT molecular complexity index is 1940. The van der Waals surface area contributed by atoms with Gasteiger partial charge >= 0.3 is 39.5 Å². The van der Waals surface area contributed by atoms with Crippen LogP contribution in [0.5, 0.6) is 0 Å². The average molecular weight is 1450 g/mol. The van der Waals surface area contributed by atoms with E-state index in [1.165, 1.54) is 205 Å². The van der Waals surface area contributed by atoms with Crippen LogP contribution in [0.25, 0.3) is 0 Å². The summed E-state index contributed by atoms with van der Waals surface area (Å²) >= 11 is 0. The number of phosphoric ester groups is 2. The minimum atomic E-state index is -4.96. The normalized spacial score (nSPS) is 14.1. The number of phosphoric acid groups is 2. The molecule has 0 aromatic rings. The van der Waals surface area contributed by atoms with Gasteiger partial charge in [0.15, 0.2) is 12.2 Å². The van der Waals surface area contributed by atoms with Gasteiger partial charge in [-0.25, -0.2) is 9.13 Å². The molecular formula is C80H156O17P2. The SMILES string of the molecule is CC(C)CCCCCCCCCCCCCCCCCCCCC(=O)O[C@H](COC(=O)CCCCCCCCCCCCCCCCCCC(C)C)COP(=O)(O)OCC(O)COP(=O)(O)OC[C@@H](COC(=O)CCCCCCCCCC(C)C)OC(=O)CCCCCCCCC(C)C. The van der Waals surface area contributed by atoms with Crippen molar-refractivity contribution < 1.29 is 80.2 Å². The molecule has 0 saturated carbocycles. The minimum absolute atomic E-state index is 0.101. The number of carbonyl (C=O) groups excluding carboxylic acids is 4. The fourth-order valence-corrected chi connectivity index (χ4v) is 13.8. The third-order valence-electron chi connectivity index (χ3n) is 18.6. The first-order valence-electron chi connectivity index (χ1n) is 41.2. The molecule has 0 radical (unpaired) electrons. The van der Waals surface area contributed by atoms with Crippen molar-refractivity contribution in [2.45, 2.75) is 427 Å². The molecule has 3 N–H and O–H groups in total. The topological polar surface area (TPSA) is 237 Å². The standard InChI is InChI=1S/C80H156O17P2/c1-70(2)56-48-40-32-27-23-19-15-11-9-10-12-18-22-26-30-36-46-54-62-79(84)96-75(66-90-77(82)60-52-44-35-29-25-21-17-14-13-16-20-24-28-33-41-49-57-71(3)4)68-94-98(86,87)92-64-74(81)65-93-99(88,89)95-69-76(97-80(85)63-55-47-39-38-43-51-59-73(7)8)67-91-78(83)61-53-45-37-31-34-42-50-58-72(5)6/h70-76,81H,9-69H2,1-8H3,(H,86,87)(H,88,89)/t74?,75-,76-/m1/s1. The van der Waals surface area contributed by atoms with Crippen LogP contribution >= 0.6 is 15.6 Å². The molecule has 0 fully saturated rings. The number of hydrogen-bond donors (Lipinski definition) is 3. The summed E-state index contributed by atoms with van der Waals surface area (Å²) in [6, 6.07) is 0. The summed E-state index contributed by atoms with van der Waals surface area (Å²) in [5, 5.41) is 10.6. The summed E-state index contributed by atoms with van der Waals surface area (Å²) in [6.45, 7) is 14.1. The molecular weight excluding hydrogens is 1290 g/mol. The Hall–Kier alpha value is -1.94. The second kappa shape index (κ2) is 69.1. The van der Waals surface area contributed by atoms with Gasteiger partial charge in [0.1, 0.15) is 19.3 Å². The number of hydrogen-bond acceptors (Lipinski definition) is 15. The summed E-state index contributed by atoms with van der Waals surface area (Å²) < 4.78 is 68.5. The van der Waals surface area contributed by atoms with Gasteiger partial charge in [-0.05, 0) is 49.4 Å². The zero-order chi connectivity index (χ0) is 73.1. The van der Waals surface area contributed by atoms with E-state index < -0.39 is 97.5 Å². The van der Waals surface area contributed by atoms with E-state index in [2.05, 4.69) is 55.4 Å². The summed E-state index contributed by atoms with van der Waals surface area (Å²) in [6.07, 6.45) is 56.0. The summed E-state index contributed by atoms with van der Waals surface area (Å²) in [4.78, 5) is 72.8. The van der Waals surface area contributed by atoms with Crippen LogP contribution in [0, 0.1) is 23.7 Å².